The standard InChI is InChI=1S/C22H26BN3O12/c1-11-15(24-12(2)25-23(3)30)9-16(20(27)33-4)36-18(11)19(17-10-34-21(28)37-17)38-22(29)35-14-7-5-13(6-8-14)26(31)32/h5-9,11,15,17-19,30H,10H2,1-4H3,(H,24,25)/t11-,15+,17-,18-,19-/m1/s1. The van der Waals surface area contributed by atoms with Crippen molar-refractivity contribution in [3.05, 3.63) is 46.2 Å². The Hall–Kier alpha value is -4.34. The van der Waals surface area contributed by atoms with E-state index in [0.29, 0.717) is 5.84 Å². The van der Waals surface area contributed by atoms with Crippen LogP contribution in [-0.2, 0) is 28.5 Å². The summed E-state index contributed by atoms with van der Waals surface area (Å²) >= 11 is 0. The average Bonchev–Trinajstić information content (AvgIpc) is 3.29. The van der Waals surface area contributed by atoms with Gasteiger partial charge in [-0.2, -0.15) is 0 Å². The first-order chi connectivity index (χ1) is 18.0. The lowest BCUT2D eigenvalue weighted by Gasteiger charge is -2.39. The van der Waals surface area contributed by atoms with Gasteiger partial charge in [-0.1, -0.05) is 6.92 Å². The first-order valence-electron chi connectivity index (χ1n) is 11.4. The number of nitro groups is 1. The number of esters is 1. The second kappa shape index (κ2) is 12.3. The molecule has 2 aliphatic rings. The van der Waals surface area contributed by atoms with Crippen molar-refractivity contribution in [2.24, 2.45) is 10.8 Å². The maximum atomic E-state index is 12.7. The van der Waals surface area contributed by atoms with Gasteiger partial charge in [0.05, 0.1) is 23.9 Å². The maximum Gasteiger partial charge on any atom is 0.514 e. The summed E-state index contributed by atoms with van der Waals surface area (Å²) in [5.74, 6) is -1.26. The van der Waals surface area contributed by atoms with Crippen molar-refractivity contribution in [2.75, 3.05) is 13.7 Å². The van der Waals surface area contributed by atoms with Crippen molar-refractivity contribution in [3.63, 3.8) is 0 Å². The first-order valence-corrected chi connectivity index (χ1v) is 11.4. The highest BCUT2D eigenvalue weighted by Crippen LogP contribution is 2.32. The van der Waals surface area contributed by atoms with Gasteiger partial charge in [-0.05, 0) is 32.0 Å². The third-order valence-corrected chi connectivity index (χ3v) is 5.61. The molecule has 0 radical (unpaired) electrons. The Labute approximate surface area is 217 Å². The zero-order chi connectivity index (χ0) is 28.0. The van der Waals surface area contributed by atoms with Crippen LogP contribution in [0.3, 0.4) is 0 Å². The fraction of sp³-hybridized carbons (Fsp3) is 0.455. The number of nitrogens with one attached hydrogen (secondary N) is 1. The molecular formula is C22H26BN3O12. The number of rotatable bonds is 8. The van der Waals surface area contributed by atoms with Gasteiger partial charge in [0, 0.05) is 18.1 Å². The van der Waals surface area contributed by atoms with Gasteiger partial charge >= 0.3 is 25.3 Å². The van der Waals surface area contributed by atoms with E-state index in [1.165, 1.54) is 25.0 Å². The summed E-state index contributed by atoms with van der Waals surface area (Å²) in [6, 6.07) is 4.06. The zero-order valence-corrected chi connectivity index (χ0v) is 20.9. The molecule has 2 N–H and O–H groups in total. The molecule has 204 valence electrons. The number of nitro benzene ring substituents is 1. The summed E-state index contributed by atoms with van der Waals surface area (Å²) in [5, 5.41) is 23.5. The zero-order valence-electron chi connectivity index (χ0n) is 20.9. The van der Waals surface area contributed by atoms with Crippen LogP contribution in [0, 0.1) is 16.0 Å². The fourth-order valence-corrected chi connectivity index (χ4v) is 3.85. The molecular weight excluding hydrogens is 509 g/mol. The molecule has 0 bridgehead atoms. The number of non-ortho nitro benzene ring substituents is 1. The van der Waals surface area contributed by atoms with Crippen LogP contribution >= 0.6 is 0 Å². The van der Waals surface area contributed by atoms with E-state index >= 15 is 0 Å². The lowest BCUT2D eigenvalue weighted by Crippen LogP contribution is -2.54. The number of amidine groups is 1. The van der Waals surface area contributed by atoms with E-state index in [1.807, 2.05) is 0 Å². The number of carbonyl (C=O) groups excluding carboxylic acids is 3. The highest BCUT2D eigenvalue weighted by molar-refractivity contribution is 6.48. The van der Waals surface area contributed by atoms with Crippen molar-refractivity contribution in [1.29, 1.82) is 0 Å². The minimum Gasteiger partial charge on any atom is -0.479 e. The van der Waals surface area contributed by atoms with Gasteiger partial charge in [-0.3, -0.25) is 15.0 Å². The van der Waals surface area contributed by atoms with Gasteiger partial charge in [0.1, 0.15) is 18.5 Å². The summed E-state index contributed by atoms with van der Waals surface area (Å²) in [5.41, 5.74) is -0.210. The van der Waals surface area contributed by atoms with E-state index in [1.54, 1.807) is 13.8 Å². The van der Waals surface area contributed by atoms with Crippen LogP contribution in [0.2, 0.25) is 6.82 Å². The molecule has 38 heavy (non-hydrogen) atoms. The second-order valence-electron chi connectivity index (χ2n) is 8.38. The topological polar surface area (TPSA) is 194 Å². The minimum absolute atomic E-state index is 0.0451. The van der Waals surface area contributed by atoms with Gasteiger partial charge in [0.15, 0.2) is 12.2 Å². The smallest absolute Gasteiger partial charge is 0.479 e. The van der Waals surface area contributed by atoms with Crippen molar-refractivity contribution < 1.29 is 52.8 Å². The number of carbonyl (C=O) groups is 3. The lowest BCUT2D eigenvalue weighted by atomic mass is 9.87. The van der Waals surface area contributed by atoms with Crippen molar-refractivity contribution in [3.8, 4) is 5.75 Å². The molecule has 0 aliphatic carbocycles. The van der Waals surface area contributed by atoms with Crippen LogP contribution in [0.5, 0.6) is 5.75 Å². The second-order valence-corrected chi connectivity index (χ2v) is 8.38. The van der Waals surface area contributed by atoms with Crippen LogP contribution in [0.15, 0.2) is 41.0 Å². The van der Waals surface area contributed by atoms with Crippen molar-refractivity contribution in [2.45, 2.75) is 45.0 Å². The largest absolute Gasteiger partial charge is 0.514 e. The Bertz CT molecular complexity index is 1120. The van der Waals surface area contributed by atoms with Gasteiger partial charge < -0.3 is 38.8 Å². The molecule has 0 saturated carbocycles. The fourth-order valence-electron chi connectivity index (χ4n) is 3.85. The predicted molar refractivity (Wildman–Crippen MR) is 128 cm³/mol. The van der Waals surface area contributed by atoms with Crippen LogP contribution < -0.4 is 10.1 Å². The molecule has 1 fully saturated rings. The molecule has 3 rings (SSSR count). The number of methoxy groups -OCH3 is 1. The molecule has 1 aromatic carbocycles. The normalized spacial score (nSPS) is 23.6. The third kappa shape index (κ3) is 7.12. The molecule has 0 aromatic heterocycles. The number of nitrogens with zero attached hydrogens (tertiary/aromatic N) is 2. The first kappa shape index (κ1) is 28.2. The highest BCUT2D eigenvalue weighted by Gasteiger charge is 2.48. The van der Waals surface area contributed by atoms with Crippen LogP contribution in [-0.4, -0.2) is 79.2 Å². The van der Waals surface area contributed by atoms with E-state index in [0.717, 1.165) is 19.2 Å². The molecule has 5 atom stereocenters. The molecule has 2 aliphatic heterocycles. The van der Waals surface area contributed by atoms with Crippen molar-refractivity contribution >= 4 is 36.9 Å². The lowest BCUT2D eigenvalue weighted by molar-refractivity contribution is -0.384. The Kier molecular flexibility index (Phi) is 9.12. The van der Waals surface area contributed by atoms with Crippen LogP contribution in [0.4, 0.5) is 15.3 Å². The summed E-state index contributed by atoms with van der Waals surface area (Å²) in [4.78, 5) is 51.0. The third-order valence-electron chi connectivity index (χ3n) is 5.61. The molecule has 0 spiro atoms. The Morgan fingerprint density at radius 2 is 1.97 bits per heavy atom. The summed E-state index contributed by atoms with van der Waals surface area (Å²) in [7, 11) is 0.169. The molecule has 1 aromatic rings. The molecule has 0 amide bonds. The van der Waals surface area contributed by atoms with E-state index in [-0.39, 0.29) is 23.8 Å². The SMILES string of the molecule is COC(=O)C1=C[C@H](N/C(C)=N\B(C)O)[C@@H](C)[C@H]([C@H](OC(=O)Oc2ccc([N+](=O)[O-])cc2)[C@H]2COC(=O)O2)O1. The van der Waals surface area contributed by atoms with Gasteiger partial charge in [0.25, 0.3) is 5.69 Å². The van der Waals surface area contributed by atoms with Crippen LogP contribution in [0.25, 0.3) is 0 Å². The van der Waals surface area contributed by atoms with E-state index in [9.17, 15) is 29.5 Å². The Morgan fingerprint density at radius 1 is 1.29 bits per heavy atom. The van der Waals surface area contributed by atoms with Crippen molar-refractivity contribution in [1.82, 2.24) is 5.32 Å². The molecule has 2 heterocycles. The molecule has 16 heteroatoms. The predicted octanol–water partition coefficient (Wildman–Crippen LogP) is 1.59. The van der Waals surface area contributed by atoms with E-state index in [2.05, 4.69) is 10.2 Å². The molecule has 15 nitrogen and oxygen atoms in total. The Balaban J connectivity index is 1.87. The van der Waals surface area contributed by atoms with Gasteiger partial charge in [-0.15, -0.1) is 0 Å². The number of cyclic esters (lactones) is 2. The number of hydrogen-bond donors (Lipinski definition) is 2. The minimum atomic E-state index is -1.33. The number of benzene rings is 1. The summed E-state index contributed by atoms with van der Waals surface area (Å²) < 4.78 is 31.3. The Morgan fingerprint density at radius 3 is 2.53 bits per heavy atom. The van der Waals surface area contributed by atoms with Gasteiger partial charge in [-0.25, -0.2) is 14.4 Å². The summed E-state index contributed by atoms with van der Waals surface area (Å²) in [6.45, 7) is 4.51. The quantitative estimate of drug-likeness (QED) is 0.0713. The summed E-state index contributed by atoms with van der Waals surface area (Å²) in [6.07, 6.45) is -4.30. The average molecular weight is 535 g/mol. The highest BCUT2D eigenvalue weighted by atomic mass is 16.8. The van der Waals surface area contributed by atoms with E-state index < -0.39 is 60.5 Å². The number of ether oxygens (including phenoxy) is 6. The monoisotopic (exact) mass is 535 g/mol. The maximum absolute atomic E-state index is 12.7. The number of hydrogen-bond acceptors (Lipinski definition) is 13. The van der Waals surface area contributed by atoms with Gasteiger partial charge in [0.2, 0.25) is 5.76 Å². The van der Waals surface area contributed by atoms with Crippen LogP contribution in [0.1, 0.15) is 13.8 Å². The van der Waals surface area contributed by atoms with E-state index in [4.69, 9.17) is 28.4 Å². The molecule has 1 saturated heterocycles. The molecule has 0 unspecified atom stereocenters.